The Kier molecular flexibility index (Phi) is 6.68. The Morgan fingerprint density at radius 1 is 1.11 bits per heavy atom. The van der Waals surface area contributed by atoms with E-state index >= 15 is 0 Å². The van der Waals surface area contributed by atoms with E-state index < -0.39 is 42.5 Å². The second-order valence-corrected chi connectivity index (χ2v) is 5.89. The number of anilines is 1. The molecule has 5 nitrogen and oxygen atoms in total. The molecule has 0 saturated carbocycles. The van der Waals surface area contributed by atoms with Gasteiger partial charge in [0.15, 0.2) is 13.2 Å². The number of hydrogen-bond acceptors (Lipinski definition) is 4. The van der Waals surface area contributed by atoms with Crippen molar-refractivity contribution in [3.63, 3.8) is 0 Å². The third kappa shape index (κ3) is 6.18. The van der Waals surface area contributed by atoms with Crippen molar-refractivity contribution >= 4 is 29.2 Å². The summed E-state index contributed by atoms with van der Waals surface area (Å²) in [5.74, 6) is -1.28. The zero-order valence-corrected chi connectivity index (χ0v) is 14.9. The number of aryl methyl sites for hydroxylation is 1. The van der Waals surface area contributed by atoms with Crippen LogP contribution in [0.25, 0.3) is 0 Å². The Morgan fingerprint density at radius 3 is 2.48 bits per heavy atom. The summed E-state index contributed by atoms with van der Waals surface area (Å²) in [6, 6.07) is 9.90. The van der Waals surface area contributed by atoms with Crippen LogP contribution in [0.15, 0.2) is 42.5 Å². The van der Waals surface area contributed by atoms with Gasteiger partial charge in [-0.1, -0.05) is 29.8 Å². The number of carbonyl (C=O) groups is 2. The molecule has 0 saturated heterocycles. The molecule has 1 N–H and O–H groups in total. The second kappa shape index (κ2) is 8.77. The van der Waals surface area contributed by atoms with Crippen molar-refractivity contribution in [2.45, 2.75) is 13.1 Å². The molecular formula is C18H15ClF3NO4. The topological polar surface area (TPSA) is 64.6 Å². The third-order valence-corrected chi connectivity index (χ3v) is 3.60. The lowest BCUT2D eigenvalue weighted by atomic mass is 10.1. The van der Waals surface area contributed by atoms with Crippen molar-refractivity contribution in [3.8, 4) is 5.75 Å². The number of esters is 1. The van der Waals surface area contributed by atoms with Gasteiger partial charge in [-0.25, -0.2) is 4.79 Å². The lowest BCUT2D eigenvalue weighted by Crippen LogP contribution is -2.25. The van der Waals surface area contributed by atoms with Gasteiger partial charge in [-0.2, -0.15) is 13.2 Å². The largest absolute Gasteiger partial charge is 0.482 e. The molecule has 2 rings (SSSR count). The van der Waals surface area contributed by atoms with Crippen molar-refractivity contribution < 1.29 is 32.2 Å². The molecule has 0 aliphatic heterocycles. The number of ether oxygens (including phenoxy) is 2. The Hall–Kier alpha value is -2.74. The van der Waals surface area contributed by atoms with Crippen LogP contribution in [0.3, 0.4) is 0 Å². The van der Waals surface area contributed by atoms with Crippen LogP contribution in [0.1, 0.15) is 11.1 Å². The first kappa shape index (κ1) is 20.6. The number of carbonyl (C=O) groups excluding carboxylic acids is 2. The van der Waals surface area contributed by atoms with Gasteiger partial charge >= 0.3 is 12.1 Å². The maximum atomic E-state index is 13.0. The van der Waals surface area contributed by atoms with E-state index in [0.29, 0.717) is 11.8 Å². The summed E-state index contributed by atoms with van der Waals surface area (Å²) in [7, 11) is 0. The lowest BCUT2D eigenvalue weighted by Gasteiger charge is -2.14. The average molecular weight is 402 g/mol. The normalized spacial score (nSPS) is 11.0. The molecule has 2 aromatic rings. The van der Waals surface area contributed by atoms with Crippen LogP contribution in [-0.4, -0.2) is 25.1 Å². The minimum atomic E-state index is -4.70. The highest BCUT2D eigenvalue weighted by atomic mass is 35.5. The van der Waals surface area contributed by atoms with Crippen LogP contribution in [0.5, 0.6) is 5.75 Å². The number of amides is 1. The van der Waals surface area contributed by atoms with Crippen molar-refractivity contribution in [2.24, 2.45) is 0 Å². The van der Waals surface area contributed by atoms with E-state index in [-0.39, 0.29) is 5.02 Å². The third-order valence-electron chi connectivity index (χ3n) is 3.36. The number of nitrogens with one attached hydrogen (secondary N) is 1. The number of rotatable bonds is 6. The molecule has 9 heteroatoms. The van der Waals surface area contributed by atoms with Crippen LogP contribution in [0, 0.1) is 6.92 Å². The van der Waals surface area contributed by atoms with Crippen LogP contribution in [-0.2, 0) is 20.5 Å². The quantitative estimate of drug-likeness (QED) is 0.736. The van der Waals surface area contributed by atoms with Crippen molar-refractivity contribution in [1.29, 1.82) is 0 Å². The zero-order valence-electron chi connectivity index (χ0n) is 14.1. The van der Waals surface area contributed by atoms with E-state index in [1.807, 2.05) is 5.32 Å². The predicted octanol–water partition coefficient (Wildman–Crippen LogP) is 4.23. The fourth-order valence-electron chi connectivity index (χ4n) is 2.09. The van der Waals surface area contributed by atoms with Gasteiger partial charge in [0.05, 0.1) is 11.3 Å². The molecule has 27 heavy (non-hydrogen) atoms. The minimum absolute atomic E-state index is 0.125. The fourth-order valence-corrected chi connectivity index (χ4v) is 2.26. The van der Waals surface area contributed by atoms with Crippen LogP contribution < -0.4 is 10.1 Å². The minimum Gasteiger partial charge on any atom is -0.482 e. The molecule has 0 radical (unpaired) electrons. The Balaban J connectivity index is 1.88. The smallest absolute Gasteiger partial charge is 0.418 e. The monoisotopic (exact) mass is 401 g/mol. The molecular weight excluding hydrogens is 387 g/mol. The highest BCUT2D eigenvalue weighted by Gasteiger charge is 2.34. The van der Waals surface area contributed by atoms with E-state index in [2.05, 4.69) is 0 Å². The van der Waals surface area contributed by atoms with Crippen LogP contribution in [0.4, 0.5) is 18.9 Å². The van der Waals surface area contributed by atoms with E-state index in [1.165, 1.54) is 6.07 Å². The highest BCUT2D eigenvalue weighted by Crippen LogP contribution is 2.36. The molecule has 0 atom stereocenters. The summed E-state index contributed by atoms with van der Waals surface area (Å²) in [6.07, 6.45) is -4.70. The Bertz CT molecular complexity index is 840. The molecule has 2 aromatic carbocycles. The Labute approximate surface area is 158 Å². The van der Waals surface area contributed by atoms with E-state index in [1.54, 1.807) is 31.2 Å². The summed E-state index contributed by atoms with van der Waals surface area (Å²) in [5, 5.41) is 1.92. The molecule has 0 aliphatic carbocycles. The summed E-state index contributed by atoms with van der Waals surface area (Å²) in [4.78, 5) is 23.4. The van der Waals surface area contributed by atoms with E-state index in [4.69, 9.17) is 21.1 Å². The van der Waals surface area contributed by atoms with Crippen LogP contribution in [0.2, 0.25) is 5.02 Å². The van der Waals surface area contributed by atoms with Gasteiger partial charge in [-0.05, 0) is 36.8 Å². The summed E-state index contributed by atoms with van der Waals surface area (Å²) in [5.41, 5.74) is -0.771. The molecule has 0 unspecified atom stereocenters. The first-order chi connectivity index (χ1) is 12.7. The van der Waals surface area contributed by atoms with Gasteiger partial charge in [0.25, 0.3) is 5.91 Å². The molecule has 0 fully saturated rings. The summed E-state index contributed by atoms with van der Waals surface area (Å²) in [6.45, 7) is 0.598. The molecule has 0 heterocycles. The van der Waals surface area contributed by atoms with Gasteiger partial charge in [0.1, 0.15) is 5.75 Å². The number of para-hydroxylation sites is 1. The number of hydrogen-bond donors (Lipinski definition) is 1. The molecule has 144 valence electrons. The molecule has 0 aromatic heterocycles. The van der Waals surface area contributed by atoms with Gasteiger partial charge in [0, 0.05) is 5.02 Å². The van der Waals surface area contributed by atoms with Gasteiger partial charge < -0.3 is 14.8 Å². The van der Waals surface area contributed by atoms with E-state index in [9.17, 15) is 22.8 Å². The van der Waals surface area contributed by atoms with Gasteiger partial charge in [-0.3, -0.25) is 4.79 Å². The second-order valence-electron chi connectivity index (χ2n) is 5.45. The number of benzene rings is 2. The van der Waals surface area contributed by atoms with Crippen molar-refractivity contribution in [1.82, 2.24) is 0 Å². The number of halogens is 4. The molecule has 0 bridgehead atoms. The van der Waals surface area contributed by atoms with Crippen LogP contribution >= 0.6 is 11.6 Å². The molecule has 1 amide bonds. The van der Waals surface area contributed by atoms with E-state index in [0.717, 1.165) is 11.6 Å². The van der Waals surface area contributed by atoms with Crippen molar-refractivity contribution in [3.05, 3.63) is 58.6 Å². The number of alkyl halides is 3. The maximum absolute atomic E-state index is 13.0. The van der Waals surface area contributed by atoms with Gasteiger partial charge in [-0.15, -0.1) is 0 Å². The molecule has 0 aliphatic rings. The SMILES string of the molecule is Cc1ccccc1OCC(=O)OCC(=O)Nc1ccc(Cl)cc1C(F)(F)F. The van der Waals surface area contributed by atoms with Crippen molar-refractivity contribution in [2.75, 3.05) is 18.5 Å². The molecule has 0 spiro atoms. The standard InChI is InChI=1S/C18H15ClF3NO4/c1-11-4-2-3-5-15(11)26-10-17(25)27-9-16(24)23-14-7-6-12(19)8-13(14)18(20,21)22/h2-8H,9-10H2,1H3,(H,23,24). The predicted molar refractivity (Wildman–Crippen MR) is 92.7 cm³/mol. The Morgan fingerprint density at radius 2 is 1.81 bits per heavy atom. The maximum Gasteiger partial charge on any atom is 0.418 e. The lowest BCUT2D eigenvalue weighted by molar-refractivity contribution is -0.149. The summed E-state index contributed by atoms with van der Waals surface area (Å²) < 4.78 is 48.9. The summed E-state index contributed by atoms with van der Waals surface area (Å²) >= 11 is 5.56. The average Bonchev–Trinajstić information content (AvgIpc) is 2.60. The van der Waals surface area contributed by atoms with Gasteiger partial charge in [0.2, 0.25) is 0 Å². The highest BCUT2D eigenvalue weighted by molar-refractivity contribution is 6.30. The first-order valence-corrected chi connectivity index (χ1v) is 8.05. The fraction of sp³-hybridized carbons (Fsp3) is 0.222. The zero-order chi connectivity index (χ0) is 20.0. The first-order valence-electron chi connectivity index (χ1n) is 7.67.